The van der Waals surface area contributed by atoms with Crippen LogP contribution >= 0.6 is 11.3 Å². The van der Waals surface area contributed by atoms with Crippen LogP contribution in [0.1, 0.15) is 47.0 Å². The number of ether oxygens (including phenoxy) is 1. The van der Waals surface area contributed by atoms with Gasteiger partial charge in [-0.3, -0.25) is 0 Å². The number of unbranched alkanes of at least 4 members (excludes halogenated alkanes) is 2. The molecule has 0 aliphatic carbocycles. The summed E-state index contributed by atoms with van der Waals surface area (Å²) in [5.74, 6) is -0.305. The van der Waals surface area contributed by atoms with Crippen molar-refractivity contribution in [2.75, 3.05) is 13.2 Å². The number of aryl methyl sites for hydroxylation is 1. The zero-order valence-electron chi connectivity index (χ0n) is 18.4. The summed E-state index contributed by atoms with van der Waals surface area (Å²) in [5.41, 5.74) is 4.98. The van der Waals surface area contributed by atoms with Gasteiger partial charge in [0, 0.05) is 5.56 Å². The zero-order chi connectivity index (χ0) is 25.6. The van der Waals surface area contributed by atoms with Gasteiger partial charge in [0.15, 0.2) is 0 Å². The van der Waals surface area contributed by atoms with Crippen LogP contribution in [-0.4, -0.2) is 28.5 Å². The van der Waals surface area contributed by atoms with Crippen LogP contribution in [-0.2, 0) is 18.8 Å². The number of hydrogen-bond donors (Lipinski definition) is 2. The second-order valence-electron chi connectivity index (χ2n) is 7.80. The van der Waals surface area contributed by atoms with Crippen LogP contribution in [0.5, 0.6) is 5.75 Å². The summed E-state index contributed by atoms with van der Waals surface area (Å²) < 4.78 is 84.0. The average Bonchev–Trinajstić information content (AvgIpc) is 3.30. The van der Waals surface area contributed by atoms with Gasteiger partial charge in [0.1, 0.15) is 15.8 Å². The Morgan fingerprint density at radius 2 is 1.63 bits per heavy atom. The first-order valence-corrected chi connectivity index (χ1v) is 11.5. The minimum absolute atomic E-state index is 0.0593. The quantitative estimate of drug-likeness (QED) is 0.253. The molecule has 0 amide bonds. The average molecular weight is 520 g/mol. The predicted octanol–water partition coefficient (Wildman–Crippen LogP) is 6.03. The lowest BCUT2D eigenvalue weighted by molar-refractivity contribution is -0.139. The van der Waals surface area contributed by atoms with Gasteiger partial charge in [0.05, 0.1) is 30.4 Å². The summed E-state index contributed by atoms with van der Waals surface area (Å²) in [7, 11) is 0. The molecule has 0 saturated heterocycles. The Morgan fingerprint density at radius 1 is 0.914 bits per heavy atom. The van der Waals surface area contributed by atoms with E-state index in [-0.39, 0.29) is 29.5 Å². The maximum atomic E-state index is 13.6. The maximum Gasteiger partial charge on any atom is 0.419 e. The molecule has 3 rings (SSSR count). The van der Waals surface area contributed by atoms with Gasteiger partial charge in [-0.25, -0.2) is 0 Å². The highest BCUT2D eigenvalue weighted by Gasteiger charge is 2.35. The molecule has 1 aromatic heterocycles. The topological polar surface area (TPSA) is 81.3 Å². The number of rotatable bonds is 10. The third-order valence-corrected chi connectivity index (χ3v) is 6.24. The fourth-order valence-corrected chi connectivity index (χ4v) is 4.07. The highest BCUT2D eigenvalue weighted by Crippen LogP contribution is 2.39. The zero-order valence-corrected chi connectivity index (χ0v) is 19.2. The monoisotopic (exact) mass is 519 g/mol. The van der Waals surface area contributed by atoms with Gasteiger partial charge >= 0.3 is 12.4 Å². The van der Waals surface area contributed by atoms with Crippen LogP contribution in [0, 0.1) is 0 Å². The number of benzene rings is 2. The molecule has 0 bridgehead atoms. The van der Waals surface area contributed by atoms with Crippen molar-refractivity contribution in [2.24, 2.45) is 5.73 Å². The molecule has 0 fully saturated rings. The summed E-state index contributed by atoms with van der Waals surface area (Å²) >= 11 is 1.000. The molecule has 3 N–H and O–H groups in total. The Hall–Kier alpha value is -2.70. The van der Waals surface area contributed by atoms with E-state index in [9.17, 15) is 26.3 Å². The van der Waals surface area contributed by atoms with Crippen LogP contribution in [0.2, 0.25) is 0 Å². The van der Waals surface area contributed by atoms with E-state index in [1.807, 2.05) is 0 Å². The summed E-state index contributed by atoms with van der Waals surface area (Å²) in [6, 6.07) is 7.77. The van der Waals surface area contributed by atoms with Crippen molar-refractivity contribution in [3.8, 4) is 16.3 Å². The Morgan fingerprint density at radius 3 is 2.26 bits per heavy atom. The summed E-state index contributed by atoms with van der Waals surface area (Å²) in [5, 5.41) is 17.3. The number of nitrogens with zero attached hydrogens (tertiary/aromatic N) is 2. The van der Waals surface area contributed by atoms with E-state index in [2.05, 4.69) is 10.2 Å². The Labute approximate surface area is 201 Å². The van der Waals surface area contributed by atoms with Gasteiger partial charge in [-0.2, -0.15) is 26.3 Å². The second-order valence-corrected chi connectivity index (χ2v) is 8.81. The number of halogens is 6. The molecule has 0 aliphatic heterocycles. The smallest absolute Gasteiger partial charge is 0.419 e. The number of hydrogen-bond acceptors (Lipinski definition) is 6. The third-order valence-electron chi connectivity index (χ3n) is 5.14. The van der Waals surface area contributed by atoms with Crippen molar-refractivity contribution in [1.29, 1.82) is 0 Å². The van der Waals surface area contributed by atoms with Crippen LogP contribution in [0.3, 0.4) is 0 Å². The van der Waals surface area contributed by atoms with Gasteiger partial charge < -0.3 is 15.6 Å². The molecule has 1 atom stereocenters. The lowest BCUT2D eigenvalue weighted by atomic mass is 10.1. The Kier molecular flexibility index (Phi) is 8.73. The van der Waals surface area contributed by atoms with E-state index in [1.54, 1.807) is 0 Å². The minimum Gasteiger partial charge on any atom is -0.493 e. The molecular formula is C23H23F6N3O2S. The number of aliphatic hydroxyl groups excluding tert-OH is 1. The molecule has 0 saturated carbocycles. The minimum atomic E-state index is -4.65. The van der Waals surface area contributed by atoms with Crippen LogP contribution in [0.25, 0.3) is 10.6 Å². The molecule has 0 radical (unpaired) electrons. The molecule has 12 heteroatoms. The molecule has 5 nitrogen and oxygen atoms in total. The van der Waals surface area contributed by atoms with Crippen LogP contribution in [0.4, 0.5) is 26.3 Å². The van der Waals surface area contributed by atoms with Crippen molar-refractivity contribution in [1.82, 2.24) is 10.2 Å². The van der Waals surface area contributed by atoms with Crippen molar-refractivity contribution < 1.29 is 36.2 Å². The van der Waals surface area contributed by atoms with E-state index < -0.39 is 29.5 Å². The molecule has 1 heterocycles. The lowest BCUT2D eigenvalue weighted by Gasteiger charge is -2.15. The fourth-order valence-electron chi connectivity index (χ4n) is 3.24. The summed E-state index contributed by atoms with van der Waals surface area (Å²) in [6.07, 6.45) is -6.68. The molecule has 0 aliphatic rings. The number of alkyl halides is 6. The normalized spacial score (nSPS) is 13.1. The predicted molar refractivity (Wildman–Crippen MR) is 119 cm³/mol. The molecule has 3 aromatic rings. The number of nitrogens with two attached hydrogens (primary N) is 1. The van der Waals surface area contributed by atoms with Crippen molar-refractivity contribution in [3.05, 3.63) is 64.2 Å². The van der Waals surface area contributed by atoms with Crippen LogP contribution < -0.4 is 10.5 Å². The molecule has 190 valence electrons. The van der Waals surface area contributed by atoms with Gasteiger partial charge in [-0.15, -0.1) is 10.2 Å². The Balaban J connectivity index is 1.54. The van der Waals surface area contributed by atoms with Crippen molar-refractivity contribution >= 4 is 11.3 Å². The standard InChI is InChI=1S/C23H23F6N3O2S/c24-22(25,26)16-8-5-14(6-9-16)4-2-1-3-11-34-19-10-7-15(12-17(19)23(27,28)29)20-31-32-21(35-20)18(30)13-33/h5-10,12,18,33H,1-4,11,13,30H2. The largest absolute Gasteiger partial charge is 0.493 e. The molecule has 1 unspecified atom stereocenters. The van der Waals surface area contributed by atoms with Gasteiger partial charge in [0.25, 0.3) is 0 Å². The SMILES string of the molecule is NC(CO)c1nnc(-c2ccc(OCCCCCc3ccc(C(F)(F)F)cc3)c(C(F)(F)F)c2)s1. The van der Waals surface area contributed by atoms with Gasteiger partial charge in [-0.1, -0.05) is 23.5 Å². The van der Waals surface area contributed by atoms with Gasteiger partial charge in [-0.05, 0) is 61.6 Å². The molecular weight excluding hydrogens is 496 g/mol. The number of aliphatic hydroxyl groups is 1. The van der Waals surface area contributed by atoms with E-state index in [0.29, 0.717) is 30.7 Å². The van der Waals surface area contributed by atoms with Crippen molar-refractivity contribution in [2.45, 2.75) is 44.1 Å². The van der Waals surface area contributed by atoms with E-state index in [0.717, 1.165) is 35.1 Å². The van der Waals surface area contributed by atoms with E-state index in [1.165, 1.54) is 24.3 Å². The first-order valence-electron chi connectivity index (χ1n) is 10.7. The third kappa shape index (κ3) is 7.39. The first kappa shape index (κ1) is 26.9. The Bertz CT molecular complexity index is 1100. The van der Waals surface area contributed by atoms with Crippen LogP contribution in [0.15, 0.2) is 42.5 Å². The highest BCUT2D eigenvalue weighted by atomic mass is 32.1. The lowest BCUT2D eigenvalue weighted by Crippen LogP contribution is -2.13. The second kappa shape index (κ2) is 11.4. The maximum absolute atomic E-state index is 13.6. The molecule has 35 heavy (non-hydrogen) atoms. The summed E-state index contributed by atoms with van der Waals surface area (Å²) in [4.78, 5) is 0. The first-order chi connectivity index (χ1) is 16.5. The fraction of sp³-hybridized carbons (Fsp3) is 0.391. The van der Waals surface area contributed by atoms with E-state index >= 15 is 0 Å². The summed E-state index contributed by atoms with van der Waals surface area (Å²) in [6.45, 7) is -0.302. The number of aromatic nitrogens is 2. The highest BCUT2D eigenvalue weighted by molar-refractivity contribution is 7.14. The molecule has 0 spiro atoms. The van der Waals surface area contributed by atoms with Gasteiger partial charge in [0.2, 0.25) is 0 Å². The van der Waals surface area contributed by atoms with Crippen molar-refractivity contribution in [3.63, 3.8) is 0 Å². The van der Waals surface area contributed by atoms with E-state index in [4.69, 9.17) is 15.6 Å². The molecule has 2 aromatic carbocycles.